The highest BCUT2D eigenvalue weighted by molar-refractivity contribution is 4.80. The molecule has 0 heterocycles. The van der Waals surface area contributed by atoms with Crippen LogP contribution >= 0.6 is 0 Å². The zero-order valence-corrected chi connectivity index (χ0v) is 8.92. The van der Waals surface area contributed by atoms with Gasteiger partial charge in [0.1, 0.15) is 0 Å². The fourth-order valence-electron chi connectivity index (χ4n) is 1.54. The van der Waals surface area contributed by atoms with Crippen LogP contribution in [0.2, 0.25) is 0 Å². The summed E-state index contributed by atoms with van der Waals surface area (Å²) in [6.45, 7) is 7.95. The Bertz CT molecular complexity index is 137. The SMILES string of the molecule is C=CCCC(NN)C(OC)C(C)C. The molecule has 0 radical (unpaired) electrons. The van der Waals surface area contributed by atoms with Gasteiger partial charge in [0, 0.05) is 13.2 Å². The van der Waals surface area contributed by atoms with E-state index in [1.165, 1.54) is 0 Å². The van der Waals surface area contributed by atoms with Crippen molar-refractivity contribution in [1.29, 1.82) is 0 Å². The molecule has 0 aliphatic rings. The first kappa shape index (κ1) is 12.6. The third kappa shape index (κ3) is 4.41. The summed E-state index contributed by atoms with van der Waals surface area (Å²) in [6, 6.07) is 0.211. The maximum Gasteiger partial charge on any atom is 0.0760 e. The molecule has 3 N–H and O–H groups in total. The molecule has 78 valence electrons. The van der Waals surface area contributed by atoms with Gasteiger partial charge in [-0.25, -0.2) is 0 Å². The molecule has 3 heteroatoms. The van der Waals surface area contributed by atoms with Crippen molar-refractivity contribution in [3.8, 4) is 0 Å². The Kier molecular flexibility index (Phi) is 6.86. The standard InChI is InChI=1S/C10H22N2O/c1-5-6-7-9(12-11)10(13-4)8(2)3/h5,8-10,12H,1,6-7,11H2,2-4H3. The van der Waals surface area contributed by atoms with Crippen molar-refractivity contribution in [2.24, 2.45) is 11.8 Å². The molecule has 3 nitrogen and oxygen atoms in total. The van der Waals surface area contributed by atoms with Gasteiger partial charge in [-0.2, -0.15) is 0 Å². The maximum absolute atomic E-state index is 5.46. The monoisotopic (exact) mass is 186 g/mol. The molecule has 0 saturated carbocycles. The normalized spacial score (nSPS) is 15.8. The summed E-state index contributed by atoms with van der Waals surface area (Å²) >= 11 is 0. The Balaban J connectivity index is 4.07. The van der Waals surface area contributed by atoms with Crippen molar-refractivity contribution in [2.45, 2.75) is 38.8 Å². The summed E-state index contributed by atoms with van der Waals surface area (Å²) in [5, 5.41) is 0. The van der Waals surface area contributed by atoms with Crippen LogP contribution in [0.15, 0.2) is 12.7 Å². The molecule has 0 aromatic carbocycles. The number of ether oxygens (including phenoxy) is 1. The number of allylic oxidation sites excluding steroid dienone is 1. The van der Waals surface area contributed by atoms with Crippen LogP contribution in [0.5, 0.6) is 0 Å². The van der Waals surface area contributed by atoms with Crippen LogP contribution in [-0.2, 0) is 4.74 Å². The second kappa shape index (κ2) is 7.06. The molecule has 0 bridgehead atoms. The molecule has 0 aliphatic heterocycles. The minimum Gasteiger partial charge on any atom is -0.380 e. The minimum atomic E-state index is 0.171. The molecule has 2 atom stereocenters. The van der Waals surface area contributed by atoms with E-state index >= 15 is 0 Å². The van der Waals surface area contributed by atoms with Crippen molar-refractivity contribution < 1.29 is 4.74 Å². The summed E-state index contributed by atoms with van der Waals surface area (Å²) in [5.41, 5.74) is 2.80. The third-order valence-electron chi connectivity index (χ3n) is 2.22. The molecular formula is C10H22N2O. The Labute approximate surface area is 81.3 Å². The summed E-state index contributed by atoms with van der Waals surface area (Å²) in [7, 11) is 1.73. The molecule has 0 aromatic heterocycles. The van der Waals surface area contributed by atoms with Gasteiger partial charge in [0.15, 0.2) is 0 Å². The molecular weight excluding hydrogens is 164 g/mol. The third-order valence-corrected chi connectivity index (χ3v) is 2.22. The second-order valence-electron chi connectivity index (χ2n) is 3.58. The van der Waals surface area contributed by atoms with Crippen molar-refractivity contribution in [2.75, 3.05) is 7.11 Å². The van der Waals surface area contributed by atoms with E-state index in [1.807, 2.05) is 6.08 Å². The lowest BCUT2D eigenvalue weighted by atomic mass is 9.96. The number of methoxy groups -OCH3 is 1. The zero-order valence-electron chi connectivity index (χ0n) is 8.92. The lowest BCUT2D eigenvalue weighted by molar-refractivity contribution is 0.0310. The van der Waals surface area contributed by atoms with E-state index in [4.69, 9.17) is 10.6 Å². The van der Waals surface area contributed by atoms with E-state index in [0.29, 0.717) is 5.92 Å². The van der Waals surface area contributed by atoms with Crippen LogP contribution in [0.1, 0.15) is 26.7 Å². The Hall–Kier alpha value is -0.380. The van der Waals surface area contributed by atoms with Gasteiger partial charge < -0.3 is 4.74 Å². The predicted octanol–water partition coefficient (Wildman–Crippen LogP) is 1.46. The number of hydrogen-bond donors (Lipinski definition) is 2. The van der Waals surface area contributed by atoms with Gasteiger partial charge in [-0.3, -0.25) is 11.3 Å². The molecule has 0 aromatic rings. The van der Waals surface area contributed by atoms with E-state index < -0.39 is 0 Å². The lowest BCUT2D eigenvalue weighted by Gasteiger charge is -2.28. The number of rotatable bonds is 7. The predicted molar refractivity (Wildman–Crippen MR) is 56.2 cm³/mol. The van der Waals surface area contributed by atoms with Gasteiger partial charge in [-0.15, -0.1) is 6.58 Å². The Morgan fingerprint density at radius 2 is 2.15 bits per heavy atom. The number of nitrogens with one attached hydrogen (secondary N) is 1. The Morgan fingerprint density at radius 1 is 1.54 bits per heavy atom. The van der Waals surface area contributed by atoms with E-state index in [0.717, 1.165) is 12.8 Å². The molecule has 0 aliphatic carbocycles. The van der Waals surface area contributed by atoms with Crippen LogP contribution in [0, 0.1) is 5.92 Å². The highest BCUT2D eigenvalue weighted by atomic mass is 16.5. The molecule has 0 amide bonds. The molecule has 0 rings (SSSR count). The van der Waals surface area contributed by atoms with Crippen LogP contribution in [0.25, 0.3) is 0 Å². The fraction of sp³-hybridized carbons (Fsp3) is 0.800. The molecule has 2 unspecified atom stereocenters. The minimum absolute atomic E-state index is 0.171. The fourth-order valence-corrected chi connectivity index (χ4v) is 1.54. The number of hydrazine groups is 1. The summed E-state index contributed by atoms with van der Waals surface area (Å²) < 4.78 is 5.39. The highest BCUT2D eigenvalue weighted by Gasteiger charge is 2.22. The van der Waals surface area contributed by atoms with Crippen LogP contribution in [0.3, 0.4) is 0 Å². The van der Waals surface area contributed by atoms with E-state index in [9.17, 15) is 0 Å². The van der Waals surface area contributed by atoms with Gasteiger partial charge >= 0.3 is 0 Å². The van der Waals surface area contributed by atoms with E-state index in [-0.39, 0.29) is 12.1 Å². The first-order valence-corrected chi connectivity index (χ1v) is 4.77. The van der Waals surface area contributed by atoms with Gasteiger partial charge in [-0.05, 0) is 18.8 Å². The van der Waals surface area contributed by atoms with Crippen molar-refractivity contribution in [1.82, 2.24) is 5.43 Å². The summed E-state index contributed by atoms with van der Waals surface area (Å²) in [5.74, 6) is 5.93. The first-order valence-electron chi connectivity index (χ1n) is 4.77. The molecule has 0 fully saturated rings. The largest absolute Gasteiger partial charge is 0.380 e. The van der Waals surface area contributed by atoms with Crippen LogP contribution in [0.4, 0.5) is 0 Å². The molecule has 13 heavy (non-hydrogen) atoms. The Morgan fingerprint density at radius 3 is 2.46 bits per heavy atom. The van der Waals surface area contributed by atoms with Gasteiger partial charge in [0.25, 0.3) is 0 Å². The van der Waals surface area contributed by atoms with Gasteiger partial charge in [-0.1, -0.05) is 19.9 Å². The molecule has 0 spiro atoms. The van der Waals surface area contributed by atoms with Gasteiger partial charge in [0.05, 0.1) is 6.10 Å². The van der Waals surface area contributed by atoms with Crippen LogP contribution < -0.4 is 11.3 Å². The average Bonchev–Trinajstić information content (AvgIpc) is 2.11. The number of nitrogens with two attached hydrogens (primary N) is 1. The smallest absolute Gasteiger partial charge is 0.0760 e. The van der Waals surface area contributed by atoms with Crippen LogP contribution in [-0.4, -0.2) is 19.3 Å². The zero-order chi connectivity index (χ0) is 10.3. The van der Waals surface area contributed by atoms with E-state index in [2.05, 4.69) is 25.9 Å². The number of hydrogen-bond acceptors (Lipinski definition) is 3. The van der Waals surface area contributed by atoms with Crippen molar-refractivity contribution in [3.63, 3.8) is 0 Å². The second-order valence-corrected chi connectivity index (χ2v) is 3.58. The van der Waals surface area contributed by atoms with Crippen molar-refractivity contribution >= 4 is 0 Å². The lowest BCUT2D eigenvalue weighted by Crippen LogP contribution is -2.47. The maximum atomic E-state index is 5.46. The average molecular weight is 186 g/mol. The highest BCUT2D eigenvalue weighted by Crippen LogP contribution is 2.13. The van der Waals surface area contributed by atoms with E-state index in [1.54, 1.807) is 7.11 Å². The van der Waals surface area contributed by atoms with Crippen molar-refractivity contribution in [3.05, 3.63) is 12.7 Å². The topological polar surface area (TPSA) is 47.3 Å². The summed E-state index contributed by atoms with van der Waals surface area (Å²) in [4.78, 5) is 0. The summed E-state index contributed by atoms with van der Waals surface area (Å²) in [6.07, 6.45) is 4.00. The quantitative estimate of drug-likeness (QED) is 0.359. The first-order chi connectivity index (χ1) is 6.17. The van der Waals surface area contributed by atoms with Gasteiger partial charge in [0.2, 0.25) is 0 Å². The molecule has 0 saturated heterocycles.